The molecule has 1 unspecified atom stereocenters. The summed E-state index contributed by atoms with van der Waals surface area (Å²) in [6.07, 6.45) is 0.930. The molecule has 1 fully saturated rings. The van der Waals surface area contributed by atoms with Crippen molar-refractivity contribution in [3.05, 3.63) is 41.8 Å². The molecule has 0 bridgehead atoms. The van der Waals surface area contributed by atoms with Gasteiger partial charge in [0.05, 0.1) is 4.90 Å². The fourth-order valence-corrected chi connectivity index (χ4v) is 7.05. The minimum Gasteiger partial charge on any atom is -0.403 e. The average Bonchev–Trinajstić information content (AvgIpc) is 3.55. The van der Waals surface area contributed by atoms with Crippen molar-refractivity contribution < 1.29 is 26.0 Å². The van der Waals surface area contributed by atoms with Gasteiger partial charge in [-0.1, -0.05) is 11.2 Å². The summed E-state index contributed by atoms with van der Waals surface area (Å²) in [7, 11) is -4.47. The fourth-order valence-electron chi connectivity index (χ4n) is 3.38. The molecule has 4 rings (SSSR count). The van der Waals surface area contributed by atoms with Crippen LogP contribution >= 0.6 is 11.3 Å². The SMILES string of the molecule is CN(C)S(=O)(=O)c1ccc(-c2nnc(NC(=O)C3CCCN3S(=O)(=O)c3cccs3)o2)cc1. The summed E-state index contributed by atoms with van der Waals surface area (Å²) < 4.78 is 58.0. The van der Waals surface area contributed by atoms with Gasteiger partial charge < -0.3 is 4.42 Å². The lowest BCUT2D eigenvalue weighted by Crippen LogP contribution is -2.42. The standard InChI is InChI=1S/C19H21N5O6S3/c1-23(2)32(26,27)14-9-7-13(8-10-14)18-21-22-19(30-18)20-17(25)15-5-3-11-24(15)33(28,29)16-6-4-12-31-16/h4,6-10,12,15H,3,5,11H2,1-2H3,(H,20,22,25). The number of rotatable bonds is 7. The molecule has 1 amide bonds. The summed E-state index contributed by atoms with van der Waals surface area (Å²) in [5, 5.41) is 11.8. The van der Waals surface area contributed by atoms with E-state index in [1.165, 1.54) is 48.7 Å². The number of amides is 1. The summed E-state index contributed by atoms with van der Waals surface area (Å²) in [4.78, 5) is 12.9. The van der Waals surface area contributed by atoms with E-state index in [0.29, 0.717) is 18.4 Å². The number of benzene rings is 1. The van der Waals surface area contributed by atoms with Gasteiger partial charge in [-0.3, -0.25) is 10.1 Å². The zero-order chi connectivity index (χ0) is 23.8. The maximum absolute atomic E-state index is 12.9. The largest absolute Gasteiger partial charge is 0.403 e. The van der Waals surface area contributed by atoms with Gasteiger partial charge in [0.2, 0.25) is 21.8 Å². The summed E-state index contributed by atoms with van der Waals surface area (Å²) in [5.41, 5.74) is 0.462. The van der Waals surface area contributed by atoms with Crippen LogP contribution in [0, 0.1) is 0 Å². The smallest absolute Gasteiger partial charge is 0.322 e. The molecule has 3 aromatic rings. The van der Waals surface area contributed by atoms with E-state index < -0.39 is 32.0 Å². The van der Waals surface area contributed by atoms with Crippen molar-refractivity contribution in [3.8, 4) is 11.5 Å². The molecular weight excluding hydrogens is 490 g/mol. The maximum Gasteiger partial charge on any atom is 0.322 e. The van der Waals surface area contributed by atoms with E-state index in [1.54, 1.807) is 11.4 Å². The van der Waals surface area contributed by atoms with E-state index in [9.17, 15) is 21.6 Å². The Hall–Kier alpha value is -2.65. The van der Waals surface area contributed by atoms with Crippen molar-refractivity contribution >= 4 is 43.3 Å². The Morgan fingerprint density at radius 2 is 1.88 bits per heavy atom. The van der Waals surface area contributed by atoms with E-state index in [2.05, 4.69) is 15.5 Å². The first-order valence-corrected chi connectivity index (χ1v) is 13.6. The molecule has 3 heterocycles. The molecule has 1 saturated heterocycles. The highest BCUT2D eigenvalue weighted by atomic mass is 32.2. The summed E-state index contributed by atoms with van der Waals surface area (Å²) >= 11 is 1.10. The molecule has 2 aromatic heterocycles. The quantitative estimate of drug-likeness (QED) is 0.506. The van der Waals surface area contributed by atoms with Crippen LogP contribution in [0.2, 0.25) is 0 Å². The minimum atomic E-state index is -3.77. The van der Waals surface area contributed by atoms with Crippen LogP contribution in [0.3, 0.4) is 0 Å². The van der Waals surface area contributed by atoms with Crippen LogP contribution in [0.5, 0.6) is 0 Å². The number of nitrogens with zero attached hydrogens (tertiary/aromatic N) is 4. The number of carbonyl (C=O) groups is 1. The van der Waals surface area contributed by atoms with Crippen molar-refractivity contribution in [1.82, 2.24) is 18.8 Å². The Kier molecular flexibility index (Phi) is 6.37. The fraction of sp³-hybridized carbons (Fsp3) is 0.316. The highest BCUT2D eigenvalue weighted by Crippen LogP contribution is 2.29. The second kappa shape index (κ2) is 8.95. The number of anilines is 1. The van der Waals surface area contributed by atoms with E-state index >= 15 is 0 Å². The molecule has 1 aliphatic rings. The molecule has 0 saturated carbocycles. The van der Waals surface area contributed by atoms with Crippen LogP contribution in [0.15, 0.2) is 55.3 Å². The number of thiophene rings is 1. The van der Waals surface area contributed by atoms with Gasteiger partial charge >= 0.3 is 6.01 Å². The molecule has 33 heavy (non-hydrogen) atoms. The Bertz CT molecular complexity index is 1350. The van der Waals surface area contributed by atoms with E-state index in [4.69, 9.17) is 4.42 Å². The number of aromatic nitrogens is 2. The van der Waals surface area contributed by atoms with Crippen molar-refractivity contribution in [2.75, 3.05) is 26.0 Å². The lowest BCUT2D eigenvalue weighted by molar-refractivity contribution is -0.119. The summed E-state index contributed by atoms with van der Waals surface area (Å²) in [6.45, 7) is 0.246. The first-order valence-electron chi connectivity index (χ1n) is 9.83. The Balaban J connectivity index is 1.48. The van der Waals surface area contributed by atoms with Crippen LogP contribution < -0.4 is 5.32 Å². The average molecular weight is 512 g/mol. The van der Waals surface area contributed by atoms with Gasteiger partial charge in [-0.05, 0) is 48.6 Å². The van der Waals surface area contributed by atoms with Crippen LogP contribution in [-0.2, 0) is 24.8 Å². The van der Waals surface area contributed by atoms with Gasteiger partial charge in [0.1, 0.15) is 10.3 Å². The summed E-state index contributed by atoms with van der Waals surface area (Å²) in [6, 6.07) is 7.95. The normalized spacial score (nSPS) is 17.5. The van der Waals surface area contributed by atoms with E-state index in [0.717, 1.165) is 15.6 Å². The maximum atomic E-state index is 12.9. The zero-order valence-corrected chi connectivity index (χ0v) is 20.2. The van der Waals surface area contributed by atoms with Gasteiger partial charge in [0.15, 0.2) is 0 Å². The predicted octanol–water partition coefficient (Wildman–Crippen LogP) is 1.84. The molecule has 11 nitrogen and oxygen atoms in total. The molecule has 176 valence electrons. The van der Waals surface area contributed by atoms with Crippen LogP contribution in [-0.4, -0.2) is 68.2 Å². The molecule has 14 heteroatoms. The van der Waals surface area contributed by atoms with Crippen LogP contribution in [0.25, 0.3) is 11.5 Å². The second-order valence-corrected chi connectivity index (χ2v) is 12.6. The van der Waals surface area contributed by atoms with Crippen molar-refractivity contribution in [3.63, 3.8) is 0 Å². The van der Waals surface area contributed by atoms with Gasteiger partial charge in [0, 0.05) is 26.2 Å². The number of hydrogen-bond donors (Lipinski definition) is 1. The minimum absolute atomic E-state index is 0.0774. The van der Waals surface area contributed by atoms with Crippen molar-refractivity contribution in [2.24, 2.45) is 0 Å². The van der Waals surface area contributed by atoms with Crippen LogP contribution in [0.1, 0.15) is 12.8 Å². The van der Waals surface area contributed by atoms with E-state index in [1.807, 2.05) is 0 Å². The highest BCUT2D eigenvalue weighted by molar-refractivity contribution is 7.91. The Labute approximate surface area is 195 Å². The molecule has 0 spiro atoms. The van der Waals surface area contributed by atoms with Gasteiger partial charge in [-0.15, -0.1) is 16.4 Å². The number of nitrogens with one attached hydrogen (secondary N) is 1. The molecule has 1 aromatic carbocycles. The van der Waals surface area contributed by atoms with Gasteiger partial charge in [-0.2, -0.15) is 4.31 Å². The lowest BCUT2D eigenvalue weighted by Gasteiger charge is -2.21. The first kappa shape index (κ1) is 23.5. The number of hydrogen-bond acceptors (Lipinski definition) is 9. The van der Waals surface area contributed by atoms with Crippen LogP contribution in [0.4, 0.5) is 6.01 Å². The third-order valence-corrected chi connectivity index (χ3v) is 10.2. The molecular formula is C19H21N5O6S3. The number of carbonyl (C=O) groups excluding carboxylic acids is 1. The molecule has 1 atom stereocenters. The molecule has 1 N–H and O–H groups in total. The van der Waals surface area contributed by atoms with E-state index in [-0.39, 0.29) is 27.6 Å². The summed E-state index contributed by atoms with van der Waals surface area (Å²) in [5.74, 6) is -0.483. The first-order chi connectivity index (χ1) is 15.6. The van der Waals surface area contributed by atoms with Crippen molar-refractivity contribution in [1.29, 1.82) is 0 Å². The van der Waals surface area contributed by atoms with Gasteiger partial charge in [0.25, 0.3) is 10.0 Å². The van der Waals surface area contributed by atoms with Gasteiger partial charge in [-0.25, -0.2) is 21.1 Å². The predicted molar refractivity (Wildman–Crippen MR) is 120 cm³/mol. The Morgan fingerprint density at radius 1 is 1.15 bits per heavy atom. The zero-order valence-electron chi connectivity index (χ0n) is 17.7. The third kappa shape index (κ3) is 4.56. The second-order valence-electron chi connectivity index (χ2n) is 7.42. The molecule has 0 aliphatic carbocycles. The topological polar surface area (TPSA) is 143 Å². The number of sulfonamides is 2. The monoisotopic (exact) mass is 511 g/mol. The highest BCUT2D eigenvalue weighted by Gasteiger charge is 2.40. The molecule has 0 radical (unpaired) electrons. The third-order valence-electron chi connectivity index (χ3n) is 5.10. The lowest BCUT2D eigenvalue weighted by atomic mass is 10.2. The molecule has 1 aliphatic heterocycles. The van der Waals surface area contributed by atoms with Crippen molar-refractivity contribution in [2.45, 2.75) is 28.0 Å². The Morgan fingerprint density at radius 3 is 2.52 bits per heavy atom.